The summed E-state index contributed by atoms with van der Waals surface area (Å²) in [7, 11) is -3.70. The van der Waals surface area contributed by atoms with Crippen LogP contribution in [-0.4, -0.2) is 20.4 Å². The zero-order valence-electron chi connectivity index (χ0n) is 13.2. The van der Waals surface area contributed by atoms with Gasteiger partial charge in [-0.25, -0.2) is 8.42 Å². The molecule has 2 N–H and O–H groups in total. The van der Waals surface area contributed by atoms with E-state index in [1.165, 1.54) is 6.07 Å². The third-order valence-corrected chi connectivity index (χ3v) is 6.06. The summed E-state index contributed by atoms with van der Waals surface area (Å²) in [6.45, 7) is 5.62. The van der Waals surface area contributed by atoms with E-state index in [2.05, 4.69) is 10.0 Å². The molecule has 0 fully saturated rings. The molecule has 2 heterocycles. The van der Waals surface area contributed by atoms with Crippen LogP contribution in [0.15, 0.2) is 38.3 Å². The Bertz CT molecular complexity index is 748. The van der Waals surface area contributed by atoms with Gasteiger partial charge in [-0.2, -0.15) is 4.72 Å². The summed E-state index contributed by atoms with van der Waals surface area (Å²) in [5.41, 5.74) is 0. The van der Waals surface area contributed by atoms with Crippen molar-refractivity contribution in [2.45, 2.75) is 37.6 Å². The molecule has 23 heavy (non-hydrogen) atoms. The van der Waals surface area contributed by atoms with Gasteiger partial charge in [0.2, 0.25) is 5.91 Å². The van der Waals surface area contributed by atoms with Gasteiger partial charge in [0.25, 0.3) is 10.0 Å². The number of carbonyl (C=O) groups excluding carboxylic acids is 1. The maximum Gasteiger partial charge on any atom is 0.250 e. The minimum Gasteiger partial charge on any atom is -0.465 e. The molecule has 8 heteroatoms. The Labute approximate surface area is 139 Å². The minimum absolute atomic E-state index is 0.192. The van der Waals surface area contributed by atoms with Crippen molar-refractivity contribution < 1.29 is 17.6 Å². The Morgan fingerprint density at radius 3 is 2.57 bits per heavy atom. The molecule has 126 valence electrons. The molecule has 2 aromatic rings. The third kappa shape index (κ3) is 4.66. The first-order chi connectivity index (χ1) is 10.8. The van der Waals surface area contributed by atoms with Gasteiger partial charge in [0.1, 0.15) is 21.8 Å². The Hall–Kier alpha value is -1.64. The van der Waals surface area contributed by atoms with Crippen LogP contribution < -0.4 is 10.0 Å². The van der Waals surface area contributed by atoms with Crippen LogP contribution in [0, 0.1) is 12.8 Å². The lowest BCUT2D eigenvalue weighted by molar-refractivity contribution is -0.123. The van der Waals surface area contributed by atoms with E-state index in [-0.39, 0.29) is 22.6 Å². The first-order valence-corrected chi connectivity index (χ1v) is 9.55. The second-order valence-corrected chi connectivity index (χ2v) is 8.39. The zero-order chi connectivity index (χ0) is 17.0. The first kappa shape index (κ1) is 17.7. The molecule has 0 aliphatic rings. The van der Waals surface area contributed by atoms with E-state index in [0.717, 1.165) is 17.1 Å². The van der Waals surface area contributed by atoms with Crippen molar-refractivity contribution in [1.29, 1.82) is 0 Å². The van der Waals surface area contributed by atoms with Crippen LogP contribution in [0.4, 0.5) is 0 Å². The number of furan rings is 1. The van der Waals surface area contributed by atoms with Crippen molar-refractivity contribution in [3.8, 4) is 0 Å². The fourth-order valence-electron chi connectivity index (χ4n) is 2.00. The van der Waals surface area contributed by atoms with Crippen LogP contribution >= 0.6 is 11.3 Å². The van der Waals surface area contributed by atoms with Gasteiger partial charge >= 0.3 is 0 Å². The Kier molecular flexibility index (Phi) is 5.61. The monoisotopic (exact) mass is 356 g/mol. The summed E-state index contributed by atoms with van der Waals surface area (Å²) in [5.74, 6) is 0.810. The molecular weight excluding hydrogens is 336 g/mol. The van der Waals surface area contributed by atoms with Gasteiger partial charge < -0.3 is 9.73 Å². The van der Waals surface area contributed by atoms with Gasteiger partial charge in [-0.05, 0) is 36.4 Å². The number of sulfonamides is 1. The molecule has 0 spiro atoms. The standard InChI is InChI=1S/C15H20N2O4S2/c1-10(2)14(17-23(19,20)13-5-4-8-22-13)15(18)16-9-12-7-6-11(3)21-12/h4-8,10,14,17H,9H2,1-3H3,(H,16,18). The van der Waals surface area contributed by atoms with Gasteiger partial charge in [-0.3, -0.25) is 4.79 Å². The molecule has 0 radical (unpaired) electrons. The fourth-order valence-corrected chi connectivity index (χ4v) is 4.35. The maximum atomic E-state index is 12.3. The molecule has 0 bridgehead atoms. The first-order valence-electron chi connectivity index (χ1n) is 7.18. The topological polar surface area (TPSA) is 88.4 Å². The smallest absolute Gasteiger partial charge is 0.250 e. The zero-order valence-corrected chi connectivity index (χ0v) is 14.8. The van der Waals surface area contributed by atoms with Crippen molar-refractivity contribution in [3.63, 3.8) is 0 Å². The lowest BCUT2D eigenvalue weighted by Gasteiger charge is -2.21. The van der Waals surface area contributed by atoms with Crippen LogP contribution in [-0.2, 0) is 21.4 Å². The highest BCUT2D eigenvalue weighted by molar-refractivity contribution is 7.91. The predicted octanol–water partition coefficient (Wildman–Crippen LogP) is 2.27. The number of hydrogen-bond acceptors (Lipinski definition) is 5. The molecule has 1 amide bonds. The molecule has 0 aliphatic heterocycles. The second-order valence-electron chi connectivity index (χ2n) is 5.51. The quantitative estimate of drug-likeness (QED) is 0.796. The SMILES string of the molecule is Cc1ccc(CNC(=O)C(NS(=O)(=O)c2cccs2)C(C)C)o1. The van der Waals surface area contributed by atoms with Crippen molar-refractivity contribution in [1.82, 2.24) is 10.0 Å². The number of thiophene rings is 1. The summed E-state index contributed by atoms with van der Waals surface area (Å²) in [4.78, 5) is 12.3. The van der Waals surface area contributed by atoms with E-state index >= 15 is 0 Å². The lowest BCUT2D eigenvalue weighted by atomic mass is 10.1. The van der Waals surface area contributed by atoms with Gasteiger partial charge in [0.15, 0.2) is 0 Å². The van der Waals surface area contributed by atoms with Crippen LogP contribution in [0.3, 0.4) is 0 Å². The molecule has 0 aromatic carbocycles. The molecule has 1 atom stereocenters. The average molecular weight is 356 g/mol. The number of nitrogens with one attached hydrogen (secondary N) is 2. The summed E-state index contributed by atoms with van der Waals surface area (Å²) in [5, 5.41) is 4.38. The Morgan fingerprint density at radius 2 is 2.04 bits per heavy atom. The summed E-state index contributed by atoms with van der Waals surface area (Å²) < 4.78 is 32.6. The normalized spacial score (nSPS) is 13.2. The average Bonchev–Trinajstić information content (AvgIpc) is 3.13. The Morgan fingerprint density at radius 1 is 1.30 bits per heavy atom. The largest absolute Gasteiger partial charge is 0.465 e. The molecule has 6 nitrogen and oxygen atoms in total. The van der Waals surface area contributed by atoms with Crippen molar-refractivity contribution >= 4 is 27.3 Å². The number of aryl methyl sites for hydroxylation is 1. The van der Waals surface area contributed by atoms with E-state index in [0.29, 0.717) is 5.76 Å². The van der Waals surface area contributed by atoms with Gasteiger partial charge in [-0.15, -0.1) is 11.3 Å². The van der Waals surface area contributed by atoms with Crippen LogP contribution in [0.5, 0.6) is 0 Å². The van der Waals surface area contributed by atoms with E-state index in [1.54, 1.807) is 37.4 Å². The molecule has 1 unspecified atom stereocenters. The van der Waals surface area contributed by atoms with Gasteiger partial charge in [-0.1, -0.05) is 19.9 Å². The number of hydrogen-bond donors (Lipinski definition) is 2. The summed E-state index contributed by atoms with van der Waals surface area (Å²) >= 11 is 1.11. The fraction of sp³-hybridized carbons (Fsp3) is 0.400. The van der Waals surface area contributed by atoms with Gasteiger partial charge in [0.05, 0.1) is 6.54 Å². The molecule has 2 aromatic heterocycles. The number of amides is 1. The molecule has 0 saturated heterocycles. The number of carbonyl (C=O) groups is 1. The van der Waals surface area contributed by atoms with Crippen LogP contribution in [0.25, 0.3) is 0 Å². The molecule has 0 saturated carbocycles. The highest BCUT2D eigenvalue weighted by Gasteiger charge is 2.28. The maximum absolute atomic E-state index is 12.3. The van der Waals surface area contributed by atoms with E-state index in [9.17, 15) is 13.2 Å². The van der Waals surface area contributed by atoms with Crippen molar-refractivity contribution in [2.75, 3.05) is 0 Å². The van der Waals surface area contributed by atoms with Crippen molar-refractivity contribution in [3.05, 3.63) is 41.2 Å². The van der Waals surface area contributed by atoms with Crippen LogP contribution in [0.1, 0.15) is 25.4 Å². The second kappa shape index (κ2) is 7.29. The van der Waals surface area contributed by atoms with Crippen molar-refractivity contribution in [2.24, 2.45) is 5.92 Å². The van der Waals surface area contributed by atoms with E-state index in [1.807, 2.05) is 6.92 Å². The molecule has 0 aliphatic carbocycles. The Balaban J connectivity index is 2.04. The molecular formula is C15H20N2O4S2. The highest BCUT2D eigenvalue weighted by Crippen LogP contribution is 2.17. The van der Waals surface area contributed by atoms with E-state index < -0.39 is 16.1 Å². The third-order valence-electron chi connectivity index (χ3n) is 3.22. The summed E-state index contributed by atoms with van der Waals surface area (Å²) in [6, 6.07) is 5.89. The lowest BCUT2D eigenvalue weighted by Crippen LogP contribution is -2.49. The summed E-state index contributed by atoms with van der Waals surface area (Å²) in [6.07, 6.45) is 0. The minimum atomic E-state index is -3.70. The molecule has 2 rings (SSSR count). The van der Waals surface area contributed by atoms with E-state index in [4.69, 9.17) is 4.42 Å². The highest BCUT2D eigenvalue weighted by atomic mass is 32.2. The number of rotatable bonds is 7. The predicted molar refractivity (Wildman–Crippen MR) is 88.6 cm³/mol. The van der Waals surface area contributed by atoms with Gasteiger partial charge in [0, 0.05) is 0 Å². The van der Waals surface area contributed by atoms with Crippen LogP contribution in [0.2, 0.25) is 0 Å².